The average Bonchev–Trinajstić information content (AvgIpc) is 2.39. The van der Waals surface area contributed by atoms with Crippen LogP contribution in [0.25, 0.3) is 0 Å². The number of unbranched alkanes of at least 4 members (excludes halogenated alkanes) is 7. The summed E-state index contributed by atoms with van der Waals surface area (Å²) in [6.07, 6.45) is 8.72. The lowest BCUT2D eigenvalue weighted by Crippen LogP contribution is -2.70. The van der Waals surface area contributed by atoms with E-state index in [1.807, 2.05) is 0 Å². The van der Waals surface area contributed by atoms with E-state index in [1.54, 1.807) is 0 Å². The van der Waals surface area contributed by atoms with E-state index in [2.05, 4.69) is 12.7 Å². The number of hydrogen-bond acceptors (Lipinski definition) is 3. The summed E-state index contributed by atoms with van der Waals surface area (Å²) in [5.74, 6) is 0. The average molecular weight is 262 g/mol. The van der Waals surface area contributed by atoms with Gasteiger partial charge in [-0.3, -0.25) is 0 Å². The van der Waals surface area contributed by atoms with Crippen molar-refractivity contribution in [2.24, 2.45) is 0 Å². The van der Waals surface area contributed by atoms with Crippen molar-refractivity contribution < 1.29 is 21.1 Å². The molecule has 0 aliphatic heterocycles. The highest BCUT2D eigenvalue weighted by molar-refractivity contribution is 4.73. The molecule has 0 fully saturated rings. The van der Waals surface area contributed by atoms with E-state index in [1.165, 1.54) is 38.5 Å². The number of aliphatic hydroxyl groups excluding tert-OH is 3. The van der Waals surface area contributed by atoms with Gasteiger partial charge in [-0.25, -0.2) is 0 Å². The van der Waals surface area contributed by atoms with Crippen molar-refractivity contribution >= 4 is 0 Å². The Kier molecular flexibility index (Phi) is 11.8. The van der Waals surface area contributed by atoms with Crippen LogP contribution < -0.4 is 5.73 Å². The Hall–Kier alpha value is -0.160. The smallest absolute Gasteiger partial charge is 0.136 e. The molecule has 0 aromatic heterocycles. The van der Waals surface area contributed by atoms with Crippen LogP contribution in [-0.2, 0) is 0 Å². The molecule has 0 amide bonds. The van der Waals surface area contributed by atoms with Crippen LogP contribution in [0, 0.1) is 0 Å². The lowest BCUT2D eigenvalue weighted by Gasteiger charge is -2.19. The number of quaternary nitrogens is 1. The van der Waals surface area contributed by atoms with Crippen molar-refractivity contribution in [1.82, 2.24) is 0 Å². The first kappa shape index (κ1) is 17.8. The molecule has 0 aromatic carbocycles. The normalized spacial score (nSPS) is 16.5. The lowest BCUT2D eigenvalue weighted by molar-refractivity contribution is -0.447. The molecule has 0 spiro atoms. The largest absolute Gasteiger partial charge is 0.390 e. The molecule has 18 heavy (non-hydrogen) atoms. The van der Waals surface area contributed by atoms with Gasteiger partial charge in [0.15, 0.2) is 0 Å². The molecule has 0 saturated carbocycles. The first-order chi connectivity index (χ1) is 8.63. The summed E-state index contributed by atoms with van der Waals surface area (Å²) < 4.78 is 0. The highest BCUT2D eigenvalue weighted by Crippen LogP contribution is 2.12. The molecule has 3 atom stereocenters. The number of hydrogen-bond donors (Lipinski definition) is 4. The number of rotatable bonds is 12. The zero-order chi connectivity index (χ0) is 13.8. The minimum atomic E-state index is -0.903. The van der Waals surface area contributed by atoms with Gasteiger partial charge in [-0.05, 0) is 6.42 Å². The van der Waals surface area contributed by atoms with Crippen molar-refractivity contribution in [3.05, 3.63) is 0 Å². The molecule has 0 bridgehead atoms. The van der Waals surface area contributed by atoms with Gasteiger partial charge in [-0.15, -0.1) is 0 Å². The Labute approximate surface area is 111 Å². The van der Waals surface area contributed by atoms with Crippen LogP contribution in [0.3, 0.4) is 0 Å². The molecule has 0 radical (unpaired) electrons. The Balaban J connectivity index is 3.37. The lowest BCUT2D eigenvalue weighted by atomic mass is 10.00. The van der Waals surface area contributed by atoms with Crippen molar-refractivity contribution in [3.8, 4) is 0 Å². The van der Waals surface area contributed by atoms with Gasteiger partial charge in [0, 0.05) is 0 Å². The minimum absolute atomic E-state index is 0.185. The Morgan fingerprint density at radius 1 is 0.889 bits per heavy atom. The standard InChI is InChI=1S/C14H31NO3/c1-2-3-4-5-6-7-8-9-10-13(17)14(18)12(15)11-16/h12-14,16-18H,2-11,15H2,1H3/p+1/t12-,13+,14-/m0/s1. The molecule has 0 aliphatic rings. The highest BCUT2D eigenvalue weighted by Gasteiger charge is 2.24. The zero-order valence-corrected chi connectivity index (χ0v) is 11.9. The fraction of sp³-hybridized carbons (Fsp3) is 1.00. The summed E-state index contributed by atoms with van der Waals surface area (Å²) >= 11 is 0. The van der Waals surface area contributed by atoms with Gasteiger partial charge in [0.05, 0.1) is 12.7 Å². The first-order valence-electron chi connectivity index (χ1n) is 7.43. The van der Waals surface area contributed by atoms with Crippen molar-refractivity contribution in [2.45, 2.75) is 83.0 Å². The molecule has 0 aliphatic carbocycles. The van der Waals surface area contributed by atoms with Crippen LogP contribution in [-0.4, -0.2) is 40.2 Å². The van der Waals surface area contributed by atoms with Crippen molar-refractivity contribution in [2.75, 3.05) is 6.61 Å². The maximum atomic E-state index is 9.69. The monoisotopic (exact) mass is 262 g/mol. The van der Waals surface area contributed by atoms with Crippen LogP contribution in [0.1, 0.15) is 64.7 Å². The topological polar surface area (TPSA) is 88.3 Å². The van der Waals surface area contributed by atoms with E-state index in [4.69, 9.17) is 5.11 Å². The predicted molar refractivity (Wildman–Crippen MR) is 73.0 cm³/mol. The molecular formula is C14H32NO3+. The Bertz CT molecular complexity index is 178. The van der Waals surface area contributed by atoms with Gasteiger partial charge in [-0.1, -0.05) is 58.3 Å². The predicted octanol–water partition coefficient (Wildman–Crippen LogP) is 0.842. The fourth-order valence-corrected chi connectivity index (χ4v) is 2.08. The zero-order valence-electron chi connectivity index (χ0n) is 11.9. The molecule has 0 heterocycles. The van der Waals surface area contributed by atoms with Crippen LogP contribution in [0.15, 0.2) is 0 Å². The van der Waals surface area contributed by atoms with E-state index in [9.17, 15) is 10.2 Å². The maximum absolute atomic E-state index is 9.69. The first-order valence-corrected chi connectivity index (χ1v) is 7.43. The van der Waals surface area contributed by atoms with Gasteiger partial charge in [0.25, 0.3) is 0 Å². The van der Waals surface area contributed by atoms with E-state index in [0.717, 1.165) is 12.8 Å². The van der Waals surface area contributed by atoms with Gasteiger partial charge in [0.1, 0.15) is 12.1 Å². The van der Waals surface area contributed by atoms with Crippen LogP contribution in [0.2, 0.25) is 0 Å². The summed E-state index contributed by atoms with van der Waals surface area (Å²) in [7, 11) is 0. The molecule has 4 heteroatoms. The van der Waals surface area contributed by atoms with E-state index in [0.29, 0.717) is 6.42 Å². The number of aliphatic hydroxyl groups is 3. The molecule has 0 saturated heterocycles. The highest BCUT2D eigenvalue weighted by atomic mass is 16.3. The Morgan fingerprint density at radius 3 is 1.89 bits per heavy atom. The van der Waals surface area contributed by atoms with Gasteiger partial charge in [0.2, 0.25) is 0 Å². The molecule has 4 nitrogen and oxygen atoms in total. The third-order valence-corrected chi connectivity index (χ3v) is 3.47. The van der Waals surface area contributed by atoms with E-state index >= 15 is 0 Å². The third kappa shape index (κ3) is 8.86. The van der Waals surface area contributed by atoms with Crippen molar-refractivity contribution in [1.29, 1.82) is 0 Å². The maximum Gasteiger partial charge on any atom is 0.136 e. The fourth-order valence-electron chi connectivity index (χ4n) is 2.08. The quantitative estimate of drug-likeness (QED) is 0.393. The Morgan fingerprint density at radius 2 is 1.39 bits per heavy atom. The van der Waals surface area contributed by atoms with Crippen molar-refractivity contribution in [3.63, 3.8) is 0 Å². The molecule has 0 rings (SSSR count). The second-order valence-electron chi connectivity index (χ2n) is 5.26. The molecule has 0 unspecified atom stereocenters. The summed E-state index contributed by atoms with van der Waals surface area (Å²) in [5.41, 5.74) is 3.60. The van der Waals surface area contributed by atoms with E-state index in [-0.39, 0.29) is 6.61 Å². The summed E-state index contributed by atoms with van der Waals surface area (Å²) in [5, 5.41) is 28.1. The van der Waals surface area contributed by atoms with Crippen LogP contribution in [0.4, 0.5) is 0 Å². The molecule has 6 N–H and O–H groups in total. The van der Waals surface area contributed by atoms with Crippen LogP contribution >= 0.6 is 0 Å². The van der Waals surface area contributed by atoms with Gasteiger partial charge in [-0.2, -0.15) is 0 Å². The minimum Gasteiger partial charge on any atom is -0.390 e. The molecular weight excluding hydrogens is 230 g/mol. The summed E-state index contributed by atoms with van der Waals surface area (Å²) in [6.45, 7) is 2.03. The van der Waals surface area contributed by atoms with E-state index < -0.39 is 18.2 Å². The second kappa shape index (κ2) is 11.9. The molecule has 110 valence electrons. The SMILES string of the molecule is CCCCCCCCCC[C@@H](O)[C@@H](O)[C@@H]([NH3+])CO. The third-order valence-electron chi connectivity index (χ3n) is 3.47. The second-order valence-corrected chi connectivity index (χ2v) is 5.26. The van der Waals surface area contributed by atoms with Gasteiger partial charge < -0.3 is 21.1 Å². The van der Waals surface area contributed by atoms with Crippen LogP contribution in [0.5, 0.6) is 0 Å². The summed E-state index contributed by atoms with van der Waals surface area (Å²) in [4.78, 5) is 0. The summed E-state index contributed by atoms with van der Waals surface area (Å²) in [6, 6.07) is -0.492. The molecule has 0 aromatic rings. The van der Waals surface area contributed by atoms with Gasteiger partial charge >= 0.3 is 0 Å².